The van der Waals surface area contributed by atoms with E-state index in [0.717, 1.165) is 24.3 Å². The van der Waals surface area contributed by atoms with Gasteiger partial charge in [0.05, 0.1) is 17.2 Å². The van der Waals surface area contributed by atoms with Gasteiger partial charge in [-0.3, -0.25) is 4.79 Å². The number of rotatable bonds is 3. The van der Waals surface area contributed by atoms with Crippen LogP contribution in [0.15, 0.2) is 42.5 Å². The number of amides is 1. The zero-order valence-corrected chi connectivity index (χ0v) is 11.6. The number of hydrogen-bond donors (Lipinski definition) is 1. The molecule has 118 valence electrons. The predicted molar refractivity (Wildman–Crippen MR) is 73.7 cm³/mol. The second kappa shape index (κ2) is 6.48. The Labute approximate surface area is 129 Å². The molecule has 2 aromatic carbocycles. The Kier molecular flexibility index (Phi) is 4.65. The number of nitriles is 1. The van der Waals surface area contributed by atoms with Gasteiger partial charge in [-0.05, 0) is 36.4 Å². The van der Waals surface area contributed by atoms with Crippen molar-refractivity contribution in [2.75, 3.05) is 0 Å². The van der Waals surface area contributed by atoms with Crippen molar-refractivity contribution in [2.24, 2.45) is 0 Å². The minimum Gasteiger partial charge on any atom is -0.348 e. The predicted octanol–water partition coefficient (Wildman–Crippen LogP) is 3.65. The van der Waals surface area contributed by atoms with Gasteiger partial charge >= 0.3 is 6.18 Å². The summed E-state index contributed by atoms with van der Waals surface area (Å²) in [6, 6.07) is 9.39. The van der Waals surface area contributed by atoms with Gasteiger partial charge < -0.3 is 5.32 Å². The van der Waals surface area contributed by atoms with Crippen LogP contribution < -0.4 is 5.32 Å². The Balaban J connectivity index is 2.13. The summed E-state index contributed by atoms with van der Waals surface area (Å²) in [6.45, 7) is -0.240. The van der Waals surface area contributed by atoms with Gasteiger partial charge in [-0.2, -0.15) is 18.4 Å². The summed E-state index contributed by atoms with van der Waals surface area (Å²) in [5.74, 6) is -1.38. The average Bonchev–Trinajstić information content (AvgIpc) is 2.53. The van der Waals surface area contributed by atoms with E-state index in [1.807, 2.05) is 6.07 Å². The molecule has 0 saturated heterocycles. The number of carbonyl (C=O) groups is 1. The van der Waals surface area contributed by atoms with Crippen molar-refractivity contribution in [1.82, 2.24) is 5.32 Å². The highest BCUT2D eigenvalue weighted by atomic mass is 19.4. The van der Waals surface area contributed by atoms with E-state index in [0.29, 0.717) is 0 Å². The minimum atomic E-state index is -4.55. The number of alkyl halides is 3. The Morgan fingerprint density at radius 3 is 2.57 bits per heavy atom. The summed E-state index contributed by atoms with van der Waals surface area (Å²) in [5.41, 5.74) is -0.835. The molecule has 0 fully saturated rings. The molecule has 0 aliphatic carbocycles. The smallest absolute Gasteiger partial charge is 0.348 e. The molecule has 2 aromatic rings. The lowest BCUT2D eigenvalue weighted by Crippen LogP contribution is -2.23. The lowest BCUT2D eigenvalue weighted by molar-refractivity contribution is -0.137. The van der Waals surface area contributed by atoms with Crippen LogP contribution in [0.2, 0.25) is 0 Å². The molecule has 0 unspecified atom stereocenters. The topological polar surface area (TPSA) is 52.9 Å². The fourth-order valence-electron chi connectivity index (χ4n) is 1.89. The fourth-order valence-corrected chi connectivity index (χ4v) is 1.89. The molecule has 0 radical (unpaired) electrons. The van der Waals surface area contributed by atoms with Crippen molar-refractivity contribution in [2.45, 2.75) is 12.7 Å². The molecule has 0 saturated carbocycles. The first kappa shape index (κ1) is 16.5. The van der Waals surface area contributed by atoms with Gasteiger partial charge in [-0.15, -0.1) is 0 Å². The number of hydrogen-bond acceptors (Lipinski definition) is 2. The Morgan fingerprint density at radius 2 is 1.91 bits per heavy atom. The van der Waals surface area contributed by atoms with Crippen LogP contribution in [0, 0.1) is 17.1 Å². The molecule has 7 heteroatoms. The first-order valence-electron chi connectivity index (χ1n) is 6.45. The SMILES string of the molecule is N#Cc1ccc(F)c(CNC(=O)c2cccc(C(F)(F)F)c2)c1. The molecule has 1 N–H and O–H groups in total. The molecular formula is C16H10F4N2O. The maximum Gasteiger partial charge on any atom is 0.416 e. The third-order valence-corrected chi connectivity index (χ3v) is 3.07. The summed E-state index contributed by atoms with van der Waals surface area (Å²) in [7, 11) is 0. The van der Waals surface area contributed by atoms with Crippen molar-refractivity contribution in [3.05, 3.63) is 70.5 Å². The van der Waals surface area contributed by atoms with Crippen molar-refractivity contribution in [3.8, 4) is 6.07 Å². The summed E-state index contributed by atoms with van der Waals surface area (Å²) in [6.07, 6.45) is -4.55. The Bertz CT molecular complexity index is 778. The van der Waals surface area contributed by atoms with Gasteiger partial charge in [0, 0.05) is 17.7 Å². The van der Waals surface area contributed by atoms with E-state index < -0.39 is 23.5 Å². The van der Waals surface area contributed by atoms with Gasteiger partial charge in [0.2, 0.25) is 0 Å². The molecular weight excluding hydrogens is 312 g/mol. The normalized spacial score (nSPS) is 10.9. The highest BCUT2D eigenvalue weighted by molar-refractivity contribution is 5.94. The summed E-state index contributed by atoms with van der Waals surface area (Å²) < 4.78 is 51.4. The second-order valence-corrected chi connectivity index (χ2v) is 4.68. The van der Waals surface area contributed by atoms with E-state index in [9.17, 15) is 22.4 Å². The second-order valence-electron chi connectivity index (χ2n) is 4.68. The van der Waals surface area contributed by atoms with Crippen molar-refractivity contribution in [1.29, 1.82) is 5.26 Å². The Hall–Kier alpha value is -2.88. The van der Waals surface area contributed by atoms with Crippen molar-refractivity contribution >= 4 is 5.91 Å². The van der Waals surface area contributed by atoms with Gasteiger partial charge in [0.25, 0.3) is 5.91 Å². The molecule has 23 heavy (non-hydrogen) atoms. The number of halogens is 4. The summed E-state index contributed by atoms with van der Waals surface area (Å²) >= 11 is 0. The molecule has 2 rings (SSSR count). The van der Waals surface area contributed by atoms with Crippen molar-refractivity contribution < 1.29 is 22.4 Å². The fraction of sp³-hybridized carbons (Fsp3) is 0.125. The van der Waals surface area contributed by atoms with Crippen LogP contribution in [0.1, 0.15) is 27.0 Å². The third-order valence-electron chi connectivity index (χ3n) is 3.07. The average molecular weight is 322 g/mol. The summed E-state index contributed by atoms with van der Waals surface area (Å²) in [5, 5.41) is 11.1. The van der Waals surface area contributed by atoms with Crippen LogP contribution in [0.25, 0.3) is 0 Å². The highest BCUT2D eigenvalue weighted by Crippen LogP contribution is 2.29. The number of carbonyl (C=O) groups excluding carboxylic acids is 1. The van der Waals surface area contributed by atoms with E-state index in [-0.39, 0.29) is 23.2 Å². The van der Waals surface area contributed by atoms with Gasteiger partial charge in [0.1, 0.15) is 5.82 Å². The van der Waals surface area contributed by atoms with E-state index in [1.165, 1.54) is 18.2 Å². The molecule has 0 aliphatic heterocycles. The van der Waals surface area contributed by atoms with Crippen LogP contribution in [-0.4, -0.2) is 5.91 Å². The number of nitrogens with zero attached hydrogens (tertiary/aromatic N) is 1. The van der Waals surface area contributed by atoms with Gasteiger partial charge in [-0.1, -0.05) is 6.07 Å². The van der Waals surface area contributed by atoms with Gasteiger partial charge in [0.15, 0.2) is 0 Å². The van der Waals surface area contributed by atoms with Crippen LogP contribution in [0.4, 0.5) is 17.6 Å². The first-order chi connectivity index (χ1) is 10.8. The molecule has 0 spiro atoms. The number of benzene rings is 2. The molecule has 3 nitrogen and oxygen atoms in total. The van der Waals surface area contributed by atoms with E-state index >= 15 is 0 Å². The summed E-state index contributed by atoms with van der Waals surface area (Å²) in [4.78, 5) is 11.9. The zero-order valence-electron chi connectivity index (χ0n) is 11.6. The molecule has 1 amide bonds. The Morgan fingerprint density at radius 1 is 1.17 bits per heavy atom. The molecule has 0 atom stereocenters. The van der Waals surface area contributed by atoms with Crippen LogP contribution >= 0.6 is 0 Å². The zero-order chi connectivity index (χ0) is 17.0. The largest absolute Gasteiger partial charge is 0.416 e. The minimum absolute atomic E-state index is 0.0735. The standard InChI is InChI=1S/C16H10F4N2O/c17-14-5-4-10(8-21)6-12(14)9-22-15(23)11-2-1-3-13(7-11)16(18,19)20/h1-7H,9H2,(H,22,23). The monoisotopic (exact) mass is 322 g/mol. The van der Waals surface area contributed by atoms with Crippen molar-refractivity contribution in [3.63, 3.8) is 0 Å². The van der Waals surface area contributed by atoms with Gasteiger partial charge in [-0.25, -0.2) is 4.39 Å². The van der Waals surface area contributed by atoms with E-state index in [2.05, 4.69) is 5.32 Å². The maximum absolute atomic E-state index is 13.6. The lowest BCUT2D eigenvalue weighted by atomic mass is 10.1. The lowest BCUT2D eigenvalue weighted by Gasteiger charge is -2.10. The molecule has 0 aromatic heterocycles. The number of nitrogens with one attached hydrogen (secondary N) is 1. The van der Waals surface area contributed by atoms with Crippen LogP contribution in [0.3, 0.4) is 0 Å². The van der Waals surface area contributed by atoms with E-state index in [1.54, 1.807) is 0 Å². The quantitative estimate of drug-likeness (QED) is 0.877. The maximum atomic E-state index is 13.6. The molecule has 0 bridgehead atoms. The molecule has 0 aliphatic rings. The first-order valence-corrected chi connectivity index (χ1v) is 6.45. The highest BCUT2D eigenvalue weighted by Gasteiger charge is 2.30. The molecule has 0 heterocycles. The van der Waals surface area contributed by atoms with Crippen LogP contribution in [-0.2, 0) is 12.7 Å². The van der Waals surface area contributed by atoms with Crippen LogP contribution in [0.5, 0.6) is 0 Å². The third kappa shape index (κ3) is 4.07. The van der Waals surface area contributed by atoms with E-state index in [4.69, 9.17) is 5.26 Å².